The number of rotatable bonds is 2. The molecule has 2 aromatic carbocycles. The molecule has 1 aliphatic carbocycles. The van der Waals surface area contributed by atoms with E-state index in [2.05, 4.69) is 30.0 Å². The van der Waals surface area contributed by atoms with Gasteiger partial charge in [0.15, 0.2) is 5.78 Å². The predicted molar refractivity (Wildman–Crippen MR) is 110 cm³/mol. The highest BCUT2D eigenvalue weighted by Gasteiger charge is 2.38. The fourth-order valence-electron chi connectivity index (χ4n) is 4.67. The summed E-state index contributed by atoms with van der Waals surface area (Å²) in [5.41, 5.74) is 7.42. The van der Waals surface area contributed by atoms with Gasteiger partial charge in [-0.1, -0.05) is 41.9 Å². The topological polar surface area (TPSA) is 38.1 Å². The van der Waals surface area contributed by atoms with Crippen LogP contribution in [0.5, 0.6) is 0 Å². The number of halogens is 1. The number of fused-ring (bicyclic) bond motifs is 2. The normalized spacial score (nSPS) is 19.0. The number of carbonyl (C=O) groups is 1. The van der Waals surface area contributed by atoms with Crippen molar-refractivity contribution >= 4 is 17.4 Å². The predicted octanol–water partition coefficient (Wildman–Crippen LogP) is 4.66. The van der Waals surface area contributed by atoms with E-state index in [-0.39, 0.29) is 11.8 Å². The summed E-state index contributed by atoms with van der Waals surface area (Å²) in [6.07, 6.45) is 1.63. The summed E-state index contributed by atoms with van der Waals surface area (Å²) in [5, 5.41) is 5.38. The zero-order valence-electron chi connectivity index (χ0n) is 16.1. The van der Waals surface area contributed by atoms with Gasteiger partial charge in [-0.25, -0.2) is 4.68 Å². The Balaban J connectivity index is 1.49. The molecular weight excluding hydrogens is 370 g/mol. The standard InChI is InChI=1S/C23H22ClN3O/c1-14-6-5-7-16-12-26(13-17(14)16)21-11-10-19-22(23(21)28)15(2)27(25-19)20-9-4-3-8-18(20)24/h3-9,21H,10-13H2,1-2H3. The Labute approximate surface area is 169 Å². The minimum absolute atomic E-state index is 0.0816. The largest absolute Gasteiger partial charge is 0.292 e. The lowest BCUT2D eigenvalue weighted by atomic mass is 9.89. The maximum atomic E-state index is 13.5. The van der Waals surface area contributed by atoms with Gasteiger partial charge in [-0.15, -0.1) is 0 Å². The number of carbonyl (C=O) groups excluding carboxylic acids is 1. The van der Waals surface area contributed by atoms with Crippen LogP contribution in [0.15, 0.2) is 42.5 Å². The fourth-order valence-corrected chi connectivity index (χ4v) is 4.88. The first-order valence-corrected chi connectivity index (χ1v) is 10.1. The van der Waals surface area contributed by atoms with E-state index in [1.165, 1.54) is 16.7 Å². The lowest BCUT2D eigenvalue weighted by molar-refractivity contribution is 0.0783. The van der Waals surface area contributed by atoms with Gasteiger partial charge >= 0.3 is 0 Å². The smallest absolute Gasteiger partial charge is 0.183 e. The molecule has 1 atom stereocenters. The lowest BCUT2D eigenvalue weighted by Gasteiger charge is -2.29. The number of nitrogens with zero attached hydrogens (tertiary/aromatic N) is 3. The van der Waals surface area contributed by atoms with Gasteiger partial charge < -0.3 is 0 Å². The summed E-state index contributed by atoms with van der Waals surface area (Å²) in [5.74, 6) is 0.197. The number of hydrogen-bond donors (Lipinski definition) is 0. The van der Waals surface area contributed by atoms with E-state index in [1.54, 1.807) is 0 Å². The number of hydrogen-bond acceptors (Lipinski definition) is 3. The van der Waals surface area contributed by atoms with Crippen molar-refractivity contribution in [1.82, 2.24) is 14.7 Å². The quantitative estimate of drug-likeness (QED) is 0.637. The van der Waals surface area contributed by atoms with Crippen LogP contribution in [0.1, 0.15) is 44.9 Å². The van der Waals surface area contributed by atoms with Crippen molar-refractivity contribution in [2.45, 2.75) is 45.8 Å². The lowest BCUT2D eigenvalue weighted by Crippen LogP contribution is -2.41. The highest BCUT2D eigenvalue weighted by atomic mass is 35.5. The van der Waals surface area contributed by atoms with E-state index in [9.17, 15) is 4.79 Å². The summed E-state index contributed by atoms with van der Waals surface area (Å²) >= 11 is 6.38. The third kappa shape index (κ3) is 2.63. The first-order chi connectivity index (χ1) is 13.5. The molecule has 0 saturated carbocycles. The van der Waals surface area contributed by atoms with Gasteiger partial charge in [-0.05, 0) is 55.5 Å². The van der Waals surface area contributed by atoms with Crippen molar-refractivity contribution in [2.24, 2.45) is 0 Å². The maximum absolute atomic E-state index is 13.5. The Kier molecular flexibility index (Phi) is 4.14. The summed E-state index contributed by atoms with van der Waals surface area (Å²) in [6, 6.07) is 14.0. The minimum Gasteiger partial charge on any atom is -0.292 e. The van der Waals surface area contributed by atoms with Gasteiger partial charge in [0.05, 0.1) is 33.7 Å². The van der Waals surface area contributed by atoms with Crippen LogP contribution < -0.4 is 0 Å². The molecule has 2 aliphatic rings. The molecule has 1 aromatic heterocycles. The van der Waals surface area contributed by atoms with Gasteiger partial charge in [0.1, 0.15) is 0 Å². The van der Waals surface area contributed by atoms with E-state index >= 15 is 0 Å². The van der Waals surface area contributed by atoms with Crippen LogP contribution in [0.2, 0.25) is 5.02 Å². The van der Waals surface area contributed by atoms with Crippen molar-refractivity contribution in [3.05, 3.63) is 81.1 Å². The average molecular weight is 392 g/mol. The second kappa shape index (κ2) is 6.57. The second-order valence-corrected chi connectivity index (χ2v) is 8.21. The highest BCUT2D eigenvalue weighted by molar-refractivity contribution is 6.32. The molecule has 0 N–H and O–H groups in total. The Morgan fingerprint density at radius 2 is 1.89 bits per heavy atom. The number of aromatic nitrogens is 2. The molecule has 0 spiro atoms. The molecular formula is C23H22ClN3O. The number of Topliss-reactive ketones (excluding diaryl/α,β-unsaturated/α-hetero) is 1. The molecule has 0 radical (unpaired) electrons. The van der Waals surface area contributed by atoms with Crippen molar-refractivity contribution in [3.63, 3.8) is 0 Å². The fraction of sp³-hybridized carbons (Fsp3) is 0.304. The van der Waals surface area contributed by atoms with Gasteiger partial charge in [0.25, 0.3) is 0 Å². The van der Waals surface area contributed by atoms with E-state index in [1.807, 2.05) is 35.9 Å². The van der Waals surface area contributed by atoms with Crippen LogP contribution in [0.4, 0.5) is 0 Å². The summed E-state index contributed by atoms with van der Waals surface area (Å²) in [6.45, 7) is 5.82. The molecule has 5 rings (SSSR count). The van der Waals surface area contributed by atoms with Crippen molar-refractivity contribution < 1.29 is 4.79 Å². The number of ketones is 1. The molecule has 4 nitrogen and oxygen atoms in total. The molecule has 142 valence electrons. The zero-order chi connectivity index (χ0) is 19.4. The average Bonchev–Trinajstić information content (AvgIpc) is 3.25. The Morgan fingerprint density at radius 3 is 2.68 bits per heavy atom. The first-order valence-electron chi connectivity index (χ1n) is 9.73. The number of benzene rings is 2. The van der Waals surface area contributed by atoms with Crippen molar-refractivity contribution in [1.29, 1.82) is 0 Å². The van der Waals surface area contributed by atoms with E-state index < -0.39 is 0 Å². The van der Waals surface area contributed by atoms with Crippen LogP contribution in [-0.2, 0) is 19.5 Å². The van der Waals surface area contributed by atoms with Crippen LogP contribution >= 0.6 is 11.6 Å². The van der Waals surface area contributed by atoms with Gasteiger partial charge in [-0.3, -0.25) is 9.69 Å². The molecule has 0 fully saturated rings. The van der Waals surface area contributed by atoms with Crippen LogP contribution in [0, 0.1) is 13.8 Å². The monoisotopic (exact) mass is 391 g/mol. The summed E-state index contributed by atoms with van der Waals surface area (Å²) in [7, 11) is 0. The SMILES string of the molecule is Cc1cccc2c1CN(C1CCc3nn(-c4ccccc4Cl)c(C)c3C1=O)C2. The third-order valence-electron chi connectivity index (χ3n) is 6.16. The van der Waals surface area contributed by atoms with Crippen LogP contribution in [-0.4, -0.2) is 26.5 Å². The minimum atomic E-state index is -0.0816. The summed E-state index contributed by atoms with van der Waals surface area (Å²) < 4.78 is 1.83. The molecule has 0 saturated heterocycles. The van der Waals surface area contributed by atoms with Crippen LogP contribution in [0.25, 0.3) is 5.69 Å². The van der Waals surface area contributed by atoms with E-state index in [0.717, 1.165) is 48.6 Å². The van der Waals surface area contributed by atoms with Crippen LogP contribution in [0.3, 0.4) is 0 Å². The van der Waals surface area contributed by atoms with Gasteiger partial charge in [0, 0.05) is 13.1 Å². The first kappa shape index (κ1) is 17.7. The molecule has 5 heteroatoms. The molecule has 28 heavy (non-hydrogen) atoms. The van der Waals surface area contributed by atoms with Gasteiger partial charge in [-0.2, -0.15) is 5.10 Å². The van der Waals surface area contributed by atoms with E-state index in [4.69, 9.17) is 16.7 Å². The Morgan fingerprint density at radius 1 is 1.07 bits per heavy atom. The Bertz CT molecular complexity index is 1100. The van der Waals surface area contributed by atoms with Gasteiger partial charge in [0.2, 0.25) is 0 Å². The molecule has 3 aromatic rings. The number of para-hydroxylation sites is 1. The third-order valence-corrected chi connectivity index (χ3v) is 6.48. The highest BCUT2D eigenvalue weighted by Crippen LogP contribution is 2.34. The molecule has 1 unspecified atom stereocenters. The zero-order valence-corrected chi connectivity index (χ0v) is 16.8. The number of aryl methyl sites for hydroxylation is 2. The molecule has 0 bridgehead atoms. The molecule has 2 heterocycles. The van der Waals surface area contributed by atoms with E-state index in [0.29, 0.717) is 5.02 Å². The molecule has 0 amide bonds. The summed E-state index contributed by atoms with van der Waals surface area (Å²) in [4.78, 5) is 15.8. The Hall–Kier alpha value is -2.43. The maximum Gasteiger partial charge on any atom is 0.183 e. The van der Waals surface area contributed by atoms with Crippen molar-refractivity contribution in [2.75, 3.05) is 0 Å². The second-order valence-electron chi connectivity index (χ2n) is 7.81. The molecule has 1 aliphatic heterocycles. The van der Waals surface area contributed by atoms with Crippen molar-refractivity contribution in [3.8, 4) is 5.69 Å².